The molecule has 5 nitrogen and oxygen atoms in total. The zero-order valence-corrected chi connectivity index (χ0v) is 15.4. The van der Waals surface area contributed by atoms with Crippen molar-refractivity contribution in [2.75, 3.05) is 0 Å². The summed E-state index contributed by atoms with van der Waals surface area (Å²) in [5.74, 6) is -1.27. The second-order valence-corrected chi connectivity index (χ2v) is 7.63. The van der Waals surface area contributed by atoms with E-state index < -0.39 is 17.6 Å². The molecular formula is C25H10O5. The molecule has 5 heteroatoms. The lowest BCUT2D eigenvalue weighted by atomic mass is 9.85. The molecule has 0 bridgehead atoms. The number of ether oxygens (including phenoxy) is 1. The van der Waals surface area contributed by atoms with Gasteiger partial charge in [0.05, 0.1) is 16.5 Å². The molecular weight excluding hydrogens is 380 g/mol. The van der Waals surface area contributed by atoms with Gasteiger partial charge in [0, 0.05) is 16.2 Å². The molecule has 0 unspecified atom stereocenters. The van der Waals surface area contributed by atoms with E-state index in [4.69, 9.17) is 9.15 Å². The first-order valence-electron chi connectivity index (χ1n) is 9.43. The van der Waals surface area contributed by atoms with Crippen LogP contribution in [0.15, 0.2) is 57.7 Å². The number of hydrogen-bond acceptors (Lipinski definition) is 5. The van der Waals surface area contributed by atoms with E-state index in [0.717, 1.165) is 43.1 Å². The van der Waals surface area contributed by atoms with Crippen LogP contribution in [-0.2, 0) is 4.74 Å². The molecule has 0 spiro atoms. The van der Waals surface area contributed by atoms with Gasteiger partial charge in [0.2, 0.25) is 0 Å². The van der Waals surface area contributed by atoms with E-state index in [2.05, 4.69) is 6.58 Å². The van der Waals surface area contributed by atoms with E-state index in [1.807, 2.05) is 30.3 Å². The highest BCUT2D eigenvalue weighted by atomic mass is 16.6. The van der Waals surface area contributed by atoms with Crippen molar-refractivity contribution in [2.45, 2.75) is 0 Å². The van der Waals surface area contributed by atoms with Gasteiger partial charge in [-0.2, -0.15) is 0 Å². The Morgan fingerprint density at radius 2 is 0.967 bits per heavy atom. The van der Waals surface area contributed by atoms with E-state index in [9.17, 15) is 14.4 Å². The third-order valence-corrected chi connectivity index (χ3v) is 6.26. The van der Waals surface area contributed by atoms with Gasteiger partial charge < -0.3 is 9.15 Å². The summed E-state index contributed by atoms with van der Waals surface area (Å²) in [6.07, 6.45) is 0. The second-order valence-electron chi connectivity index (χ2n) is 7.63. The van der Waals surface area contributed by atoms with Crippen molar-refractivity contribution >= 4 is 72.4 Å². The van der Waals surface area contributed by atoms with E-state index in [-0.39, 0.29) is 0 Å². The lowest BCUT2D eigenvalue weighted by Crippen LogP contribution is -2.19. The minimum absolute atomic E-state index is 0.334. The Morgan fingerprint density at radius 1 is 0.533 bits per heavy atom. The molecule has 1 aliphatic rings. The SMILES string of the molecule is C=c1oc(=O)c2ccc3c4ccc5c6c(ccc(c7ccc1c2c73)c64)C(=O)OC5=O. The predicted octanol–water partition coefficient (Wildman–Crippen LogP) is 4.28. The van der Waals surface area contributed by atoms with Gasteiger partial charge >= 0.3 is 17.6 Å². The molecule has 0 radical (unpaired) electrons. The van der Waals surface area contributed by atoms with Gasteiger partial charge in [-0.15, -0.1) is 0 Å². The highest BCUT2D eigenvalue weighted by Gasteiger charge is 2.29. The van der Waals surface area contributed by atoms with Crippen molar-refractivity contribution in [2.24, 2.45) is 0 Å². The lowest BCUT2D eigenvalue weighted by molar-refractivity contribution is 0.0391. The lowest BCUT2D eigenvalue weighted by Gasteiger charge is -2.20. The number of carbonyl (C=O) groups is 2. The molecule has 0 saturated carbocycles. The first-order valence-corrected chi connectivity index (χ1v) is 9.43. The largest absolute Gasteiger partial charge is 0.423 e. The molecule has 5 aromatic carbocycles. The summed E-state index contributed by atoms with van der Waals surface area (Å²) in [5.41, 5.74) is 0.689. The molecule has 0 amide bonds. The molecule has 2 heterocycles. The minimum atomic E-state index is -0.633. The zero-order valence-electron chi connectivity index (χ0n) is 15.4. The summed E-state index contributed by atoms with van der Waals surface area (Å²) in [7, 11) is 0. The third-order valence-electron chi connectivity index (χ3n) is 6.26. The van der Waals surface area contributed by atoms with E-state index in [0.29, 0.717) is 27.3 Å². The van der Waals surface area contributed by atoms with Crippen LogP contribution in [0.5, 0.6) is 0 Å². The van der Waals surface area contributed by atoms with Gasteiger partial charge in [-0.25, -0.2) is 14.4 Å². The molecule has 0 atom stereocenters. The Labute approximate surface area is 167 Å². The average molecular weight is 390 g/mol. The molecule has 140 valence electrons. The maximum Gasteiger partial charge on any atom is 0.346 e. The number of fused-ring (bicyclic) bond motifs is 2. The predicted molar refractivity (Wildman–Crippen MR) is 114 cm³/mol. The highest BCUT2D eigenvalue weighted by molar-refractivity contribution is 6.39. The van der Waals surface area contributed by atoms with Crippen molar-refractivity contribution in [1.82, 2.24) is 0 Å². The van der Waals surface area contributed by atoms with Crippen molar-refractivity contribution in [1.29, 1.82) is 0 Å². The highest BCUT2D eigenvalue weighted by Crippen LogP contribution is 2.44. The van der Waals surface area contributed by atoms with Crippen molar-refractivity contribution < 1.29 is 18.7 Å². The van der Waals surface area contributed by atoms with Crippen LogP contribution >= 0.6 is 0 Å². The van der Waals surface area contributed by atoms with Crippen molar-refractivity contribution in [3.8, 4) is 0 Å². The van der Waals surface area contributed by atoms with Gasteiger partial charge in [-0.05, 0) is 56.6 Å². The van der Waals surface area contributed by atoms with E-state index >= 15 is 0 Å². The summed E-state index contributed by atoms with van der Waals surface area (Å²) in [6, 6.07) is 14.7. The Balaban J connectivity index is 1.88. The Hall–Kier alpha value is -4.25. The monoisotopic (exact) mass is 390 g/mol. The Bertz CT molecular complexity index is 1760. The number of rotatable bonds is 0. The quantitative estimate of drug-likeness (QED) is 0.167. The average Bonchev–Trinajstić information content (AvgIpc) is 2.74. The number of hydrogen-bond donors (Lipinski definition) is 0. The molecule has 30 heavy (non-hydrogen) atoms. The van der Waals surface area contributed by atoms with E-state index in [1.165, 1.54) is 0 Å². The number of esters is 2. The van der Waals surface area contributed by atoms with Gasteiger partial charge in [0.1, 0.15) is 5.42 Å². The first kappa shape index (κ1) is 15.6. The molecule has 1 aliphatic heterocycles. The van der Waals surface area contributed by atoms with Crippen LogP contribution in [0.3, 0.4) is 0 Å². The summed E-state index contributed by atoms with van der Waals surface area (Å²) in [6.45, 7) is 3.90. The van der Waals surface area contributed by atoms with Crippen LogP contribution in [0.2, 0.25) is 0 Å². The minimum Gasteiger partial charge on any atom is -0.423 e. The summed E-state index contributed by atoms with van der Waals surface area (Å²) in [4.78, 5) is 37.2. The molecule has 1 aromatic heterocycles. The van der Waals surface area contributed by atoms with Crippen LogP contribution in [-0.4, -0.2) is 11.9 Å². The summed E-state index contributed by atoms with van der Waals surface area (Å²) < 4.78 is 10.2. The standard InChI is InChI=1S/C25H10O5/c1-10-11-2-3-12-14-5-8-17-22-18(25(28)30-24(17)27)9-6-15(21(14)22)13-4-7-16(23(26)29-10)19(11)20(12)13/h2-9H,1H2. The normalized spacial score (nSPS) is 14.0. The zero-order chi connectivity index (χ0) is 20.3. The van der Waals surface area contributed by atoms with Crippen LogP contribution in [0.4, 0.5) is 0 Å². The molecule has 7 rings (SSSR count). The number of benzene rings is 5. The van der Waals surface area contributed by atoms with Gasteiger partial charge in [0.15, 0.2) is 0 Å². The maximum absolute atomic E-state index is 12.5. The summed E-state index contributed by atoms with van der Waals surface area (Å²) >= 11 is 0. The molecule has 0 N–H and O–H groups in total. The fourth-order valence-electron chi connectivity index (χ4n) is 5.05. The van der Waals surface area contributed by atoms with Crippen molar-refractivity contribution in [3.63, 3.8) is 0 Å². The molecule has 0 fully saturated rings. The van der Waals surface area contributed by atoms with Crippen molar-refractivity contribution in [3.05, 3.63) is 75.5 Å². The topological polar surface area (TPSA) is 73.6 Å². The second kappa shape index (κ2) is 4.83. The molecule has 6 aromatic rings. The van der Waals surface area contributed by atoms with Gasteiger partial charge in [-0.3, -0.25) is 0 Å². The summed E-state index contributed by atoms with van der Waals surface area (Å²) in [5, 5.41) is 8.23. The smallest absolute Gasteiger partial charge is 0.346 e. The fraction of sp³-hybridized carbons (Fsp3) is 0. The van der Waals surface area contributed by atoms with Crippen LogP contribution in [0.1, 0.15) is 20.7 Å². The Morgan fingerprint density at radius 3 is 1.57 bits per heavy atom. The van der Waals surface area contributed by atoms with Crippen LogP contribution in [0, 0.1) is 0 Å². The number of carbonyl (C=O) groups excluding carboxylic acids is 2. The Kier molecular flexibility index (Phi) is 2.52. The van der Waals surface area contributed by atoms with Gasteiger partial charge in [-0.1, -0.05) is 30.8 Å². The van der Waals surface area contributed by atoms with Crippen LogP contribution < -0.4 is 11.0 Å². The number of cyclic esters (lactones) is 2. The van der Waals surface area contributed by atoms with E-state index in [1.54, 1.807) is 18.2 Å². The molecule has 0 saturated heterocycles. The first-order chi connectivity index (χ1) is 14.5. The third kappa shape index (κ3) is 1.60. The molecule has 0 aliphatic carbocycles. The van der Waals surface area contributed by atoms with Gasteiger partial charge in [0.25, 0.3) is 0 Å². The van der Waals surface area contributed by atoms with Crippen LogP contribution in [0.25, 0.3) is 60.4 Å². The fourth-order valence-corrected chi connectivity index (χ4v) is 5.05. The maximum atomic E-state index is 12.5.